The molecule has 0 spiro atoms. The molecule has 7 heteroatoms. The zero-order valence-corrected chi connectivity index (χ0v) is 17.3. The highest BCUT2D eigenvalue weighted by molar-refractivity contribution is 7.98. The number of aromatic amines is 1. The van der Waals surface area contributed by atoms with Crippen LogP contribution in [0.2, 0.25) is 0 Å². The number of hydrogen-bond donors (Lipinski definition) is 2. The number of amides is 1. The quantitative estimate of drug-likeness (QED) is 0.284. The Labute approximate surface area is 179 Å². The number of H-pyrrole nitrogens is 1. The zero-order chi connectivity index (χ0) is 20.6. The van der Waals surface area contributed by atoms with E-state index in [-0.39, 0.29) is 5.91 Å². The summed E-state index contributed by atoms with van der Waals surface area (Å²) in [5, 5.41) is 3.82. The lowest BCUT2D eigenvalue weighted by molar-refractivity contribution is 0.0917. The van der Waals surface area contributed by atoms with Gasteiger partial charge in [0.2, 0.25) is 0 Å². The van der Waals surface area contributed by atoms with Gasteiger partial charge in [-0.05, 0) is 48.4 Å². The molecule has 0 fully saturated rings. The van der Waals surface area contributed by atoms with Gasteiger partial charge in [-0.15, -0.1) is 0 Å². The van der Waals surface area contributed by atoms with Crippen LogP contribution in [-0.4, -0.2) is 29.0 Å². The minimum atomic E-state index is -0.0717. The van der Waals surface area contributed by atoms with E-state index in [2.05, 4.69) is 15.3 Å². The number of ether oxygens (including phenoxy) is 1. The third-order valence-corrected chi connectivity index (χ3v) is 5.48. The first-order valence-corrected chi connectivity index (χ1v) is 10.8. The van der Waals surface area contributed by atoms with Crippen LogP contribution >= 0.6 is 11.8 Å². The van der Waals surface area contributed by atoms with Crippen LogP contribution in [0, 0.1) is 0 Å². The molecule has 2 aromatic carbocycles. The summed E-state index contributed by atoms with van der Waals surface area (Å²) in [6, 6.07) is 19.4. The van der Waals surface area contributed by atoms with Gasteiger partial charge in [0.25, 0.3) is 5.91 Å². The standard InChI is InChI=1S/C23H23N3O3S/c27-22(24-12-4-13-28-15-19-5-3-14-29-19)18-10-8-17(9-11-18)16-30-23-25-20-6-1-2-7-21(20)26-23/h1-3,5-11,14H,4,12-13,15-16H2,(H,24,27)(H,25,26). The topological polar surface area (TPSA) is 80.2 Å². The molecular formula is C23H23N3O3S. The van der Waals surface area contributed by atoms with Crippen LogP contribution in [0.15, 0.2) is 76.5 Å². The van der Waals surface area contributed by atoms with Gasteiger partial charge in [-0.25, -0.2) is 4.98 Å². The number of benzene rings is 2. The van der Waals surface area contributed by atoms with Crippen molar-refractivity contribution in [2.75, 3.05) is 13.2 Å². The zero-order valence-electron chi connectivity index (χ0n) is 16.5. The average molecular weight is 422 g/mol. The highest BCUT2D eigenvalue weighted by Crippen LogP contribution is 2.23. The fourth-order valence-corrected chi connectivity index (χ4v) is 3.79. The third kappa shape index (κ3) is 5.52. The highest BCUT2D eigenvalue weighted by Gasteiger charge is 2.07. The number of imidazole rings is 1. The molecule has 2 aromatic heterocycles. The molecule has 0 aliphatic heterocycles. The summed E-state index contributed by atoms with van der Waals surface area (Å²) in [7, 11) is 0. The van der Waals surface area contributed by atoms with Crippen LogP contribution in [0.25, 0.3) is 11.0 Å². The van der Waals surface area contributed by atoms with E-state index in [0.717, 1.165) is 39.7 Å². The smallest absolute Gasteiger partial charge is 0.251 e. The molecule has 0 aliphatic rings. The van der Waals surface area contributed by atoms with Crippen molar-refractivity contribution in [3.63, 3.8) is 0 Å². The number of carbonyl (C=O) groups is 1. The summed E-state index contributed by atoms with van der Waals surface area (Å²) in [6.07, 6.45) is 2.38. The summed E-state index contributed by atoms with van der Waals surface area (Å²) < 4.78 is 10.7. The van der Waals surface area contributed by atoms with Crippen molar-refractivity contribution in [3.05, 3.63) is 83.8 Å². The second kappa shape index (κ2) is 10.1. The fraction of sp³-hybridized carbons (Fsp3) is 0.217. The van der Waals surface area contributed by atoms with E-state index in [1.807, 2.05) is 60.7 Å². The average Bonchev–Trinajstić information content (AvgIpc) is 3.44. The molecule has 0 unspecified atom stereocenters. The number of aromatic nitrogens is 2. The number of nitrogens with zero attached hydrogens (tertiary/aromatic N) is 1. The van der Waals surface area contributed by atoms with E-state index in [9.17, 15) is 4.79 Å². The summed E-state index contributed by atoms with van der Waals surface area (Å²) in [6.45, 7) is 1.59. The Hall–Kier alpha value is -3.03. The molecule has 0 bridgehead atoms. The molecule has 0 radical (unpaired) electrons. The van der Waals surface area contributed by atoms with Crippen LogP contribution in [0.5, 0.6) is 0 Å². The van der Waals surface area contributed by atoms with Gasteiger partial charge in [0, 0.05) is 24.5 Å². The van der Waals surface area contributed by atoms with Gasteiger partial charge in [-0.1, -0.05) is 36.0 Å². The van der Waals surface area contributed by atoms with Crippen molar-refractivity contribution in [2.24, 2.45) is 0 Å². The lowest BCUT2D eigenvalue weighted by Gasteiger charge is -2.07. The Morgan fingerprint density at radius 2 is 1.97 bits per heavy atom. The van der Waals surface area contributed by atoms with Crippen molar-refractivity contribution in [2.45, 2.75) is 23.9 Å². The molecule has 154 valence electrons. The number of nitrogens with one attached hydrogen (secondary N) is 2. The number of rotatable bonds is 10. The Morgan fingerprint density at radius 3 is 2.77 bits per heavy atom. The van der Waals surface area contributed by atoms with Crippen molar-refractivity contribution in [3.8, 4) is 0 Å². The normalized spacial score (nSPS) is 11.1. The van der Waals surface area contributed by atoms with Gasteiger partial charge in [0.1, 0.15) is 12.4 Å². The molecule has 0 aliphatic carbocycles. The predicted molar refractivity (Wildman–Crippen MR) is 117 cm³/mol. The van der Waals surface area contributed by atoms with Gasteiger partial charge in [0.15, 0.2) is 5.16 Å². The van der Waals surface area contributed by atoms with Crippen LogP contribution in [0.1, 0.15) is 28.1 Å². The molecular weight excluding hydrogens is 398 g/mol. The van der Waals surface area contributed by atoms with Crippen molar-refractivity contribution in [1.29, 1.82) is 0 Å². The molecule has 0 atom stereocenters. The van der Waals surface area contributed by atoms with Crippen molar-refractivity contribution < 1.29 is 13.9 Å². The Morgan fingerprint density at radius 1 is 1.10 bits per heavy atom. The van der Waals surface area contributed by atoms with E-state index >= 15 is 0 Å². The number of hydrogen-bond acceptors (Lipinski definition) is 5. The SMILES string of the molecule is O=C(NCCCOCc1ccco1)c1ccc(CSc2nc3ccccc3[nH]2)cc1. The minimum Gasteiger partial charge on any atom is -0.467 e. The van der Waals surface area contributed by atoms with E-state index in [1.54, 1.807) is 18.0 Å². The summed E-state index contributed by atoms with van der Waals surface area (Å²) in [5.41, 5.74) is 3.81. The largest absolute Gasteiger partial charge is 0.467 e. The maximum atomic E-state index is 12.3. The molecule has 2 heterocycles. The van der Waals surface area contributed by atoms with Gasteiger partial charge in [-0.2, -0.15) is 0 Å². The van der Waals surface area contributed by atoms with Crippen LogP contribution in [0.3, 0.4) is 0 Å². The Bertz CT molecular complexity index is 1040. The summed E-state index contributed by atoms with van der Waals surface area (Å²) in [5.74, 6) is 1.52. The summed E-state index contributed by atoms with van der Waals surface area (Å²) >= 11 is 1.65. The van der Waals surface area contributed by atoms with E-state index in [4.69, 9.17) is 9.15 Å². The second-order valence-electron chi connectivity index (χ2n) is 6.79. The molecule has 2 N–H and O–H groups in total. The van der Waals surface area contributed by atoms with Crippen LogP contribution in [0.4, 0.5) is 0 Å². The van der Waals surface area contributed by atoms with E-state index in [0.29, 0.717) is 25.3 Å². The fourth-order valence-electron chi connectivity index (χ4n) is 2.95. The number of para-hydroxylation sites is 2. The van der Waals surface area contributed by atoms with Gasteiger partial charge < -0.3 is 19.5 Å². The van der Waals surface area contributed by atoms with Crippen LogP contribution < -0.4 is 5.32 Å². The second-order valence-corrected chi connectivity index (χ2v) is 7.75. The molecule has 4 rings (SSSR count). The predicted octanol–water partition coefficient (Wildman–Crippen LogP) is 4.78. The monoisotopic (exact) mass is 421 g/mol. The maximum absolute atomic E-state index is 12.3. The first kappa shape index (κ1) is 20.3. The maximum Gasteiger partial charge on any atom is 0.251 e. The molecule has 4 aromatic rings. The Balaban J connectivity index is 1.17. The third-order valence-electron chi connectivity index (χ3n) is 4.53. The van der Waals surface area contributed by atoms with E-state index in [1.165, 1.54) is 0 Å². The van der Waals surface area contributed by atoms with Crippen LogP contribution in [-0.2, 0) is 17.1 Å². The lowest BCUT2D eigenvalue weighted by Crippen LogP contribution is -2.25. The lowest BCUT2D eigenvalue weighted by atomic mass is 10.1. The van der Waals surface area contributed by atoms with Gasteiger partial charge in [0.05, 0.1) is 17.3 Å². The first-order chi connectivity index (χ1) is 14.8. The number of fused-ring (bicyclic) bond motifs is 1. The molecule has 30 heavy (non-hydrogen) atoms. The van der Waals surface area contributed by atoms with Crippen molar-refractivity contribution in [1.82, 2.24) is 15.3 Å². The highest BCUT2D eigenvalue weighted by atomic mass is 32.2. The first-order valence-electron chi connectivity index (χ1n) is 9.83. The molecule has 0 saturated heterocycles. The molecule has 1 amide bonds. The minimum absolute atomic E-state index is 0.0717. The number of thioether (sulfide) groups is 1. The van der Waals surface area contributed by atoms with Crippen molar-refractivity contribution >= 4 is 28.7 Å². The van der Waals surface area contributed by atoms with Gasteiger partial charge >= 0.3 is 0 Å². The number of furan rings is 1. The van der Waals surface area contributed by atoms with E-state index < -0.39 is 0 Å². The molecule has 0 saturated carbocycles. The Kier molecular flexibility index (Phi) is 6.84. The van der Waals surface area contributed by atoms with Gasteiger partial charge in [-0.3, -0.25) is 4.79 Å². The summed E-state index contributed by atoms with van der Waals surface area (Å²) in [4.78, 5) is 20.2. The number of carbonyl (C=O) groups excluding carboxylic acids is 1. The molecule has 6 nitrogen and oxygen atoms in total.